The van der Waals surface area contributed by atoms with Crippen molar-refractivity contribution < 1.29 is 5.48 Å². The summed E-state index contributed by atoms with van der Waals surface area (Å²) in [7, 11) is 0. The van der Waals surface area contributed by atoms with Gasteiger partial charge in [0.2, 0.25) is 0 Å². The maximum absolute atomic E-state index is 2.29. The number of benzene rings is 3. The minimum atomic E-state index is -1.70. The first-order valence-corrected chi connectivity index (χ1v) is 15.0. The van der Waals surface area contributed by atoms with Gasteiger partial charge in [0.25, 0.3) is 0 Å². The molecule has 0 bridgehead atoms. The van der Waals surface area contributed by atoms with Gasteiger partial charge < -0.3 is 5.48 Å². The predicted molar refractivity (Wildman–Crippen MR) is 101 cm³/mol. The molecule has 3 aromatic rings. The van der Waals surface area contributed by atoms with Crippen LogP contribution in [0.5, 0.6) is 0 Å². The molecule has 0 unspecified atom stereocenters. The summed E-state index contributed by atoms with van der Waals surface area (Å²) in [6, 6.07) is 33.1. The fourth-order valence-corrected chi connectivity index (χ4v) is 12.3. The normalized spacial score (nSPS) is 10.3. The molecular formula is C21H24OSn. The molecule has 2 N–H and O–H groups in total. The molecule has 0 saturated carbocycles. The van der Waals surface area contributed by atoms with Gasteiger partial charge >= 0.3 is 141 Å². The second-order valence-corrected chi connectivity index (χ2v) is 14.4. The van der Waals surface area contributed by atoms with E-state index in [0.29, 0.717) is 0 Å². The van der Waals surface area contributed by atoms with E-state index < -0.39 is 19.8 Å². The Morgan fingerprint density at radius 1 is 0.435 bits per heavy atom. The first-order valence-electron chi connectivity index (χ1n) is 8.02. The fourth-order valence-electron chi connectivity index (χ4n) is 3.06. The van der Waals surface area contributed by atoms with Crippen LogP contribution in [-0.4, -0.2) is 25.2 Å². The average Bonchev–Trinajstić information content (AvgIpc) is 2.57. The Labute approximate surface area is 146 Å². The summed E-state index contributed by atoms with van der Waals surface area (Å²) in [5, 5.41) is 0. The van der Waals surface area contributed by atoms with Crippen LogP contribution in [0.25, 0.3) is 0 Å². The molecule has 23 heavy (non-hydrogen) atoms. The van der Waals surface area contributed by atoms with Gasteiger partial charge in [-0.1, -0.05) is 0 Å². The number of hydrogen-bond donors (Lipinski definition) is 0. The molecule has 0 heterocycles. The number of rotatable bonds is 6. The van der Waals surface area contributed by atoms with E-state index in [1.54, 1.807) is 0 Å². The minimum absolute atomic E-state index is 0. The van der Waals surface area contributed by atoms with Crippen molar-refractivity contribution >= 4 is 19.8 Å². The molecule has 0 atom stereocenters. The van der Waals surface area contributed by atoms with Crippen molar-refractivity contribution in [1.82, 2.24) is 0 Å². The quantitative estimate of drug-likeness (QED) is 0.554. The van der Waals surface area contributed by atoms with Gasteiger partial charge in [0, 0.05) is 0 Å². The molecule has 0 spiro atoms. The Bertz CT molecular complexity index is 569. The van der Waals surface area contributed by atoms with Gasteiger partial charge in [-0.3, -0.25) is 0 Å². The van der Waals surface area contributed by atoms with Crippen LogP contribution in [0.4, 0.5) is 0 Å². The van der Waals surface area contributed by atoms with Gasteiger partial charge in [-0.25, -0.2) is 0 Å². The topological polar surface area (TPSA) is 31.5 Å². The van der Waals surface area contributed by atoms with E-state index in [1.165, 1.54) is 30.0 Å². The van der Waals surface area contributed by atoms with Gasteiger partial charge in [0.05, 0.1) is 0 Å². The van der Waals surface area contributed by atoms with Crippen molar-refractivity contribution in [3.05, 3.63) is 108 Å². The van der Waals surface area contributed by atoms with E-state index in [-0.39, 0.29) is 5.48 Å². The Balaban J connectivity index is 0.00000192. The summed E-state index contributed by atoms with van der Waals surface area (Å²) in [5.74, 6) is 0. The van der Waals surface area contributed by atoms with E-state index in [9.17, 15) is 0 Å². The van der Waals surface area contributed by atoms with E-state index in [1.807, 2.05) is 0 Å². The van der Waals surface area contributed by atoms with Crippen LogP contribution < -0.4 is 0 Å². The summed E-state index contributed by atoms with van der Waals surface area (Å²) in [4.78, 5) is 0. The fraction of sp³-hybridized carbons (Fsp3) is 0.143. The standard InChI is InChI=1S/3C7H7.H2O.Sn.H/c3*1-7-5-3-2-4-6-7;;;/h3*2-6H,1H2;1H2;;. The summed E-state index contributed by atoms with van der Waals surface area (Å²) < 4.78 is 4.02. The van der Waals surface area contributed by atoms with Crippen LogP contribution in [0.3, 0.4) is 0 Å². The average molecular weight is 411 g/mol. The molecule has 0 saturated heterocycles. The van der Waals surface area contributed by atoms with Crippen molar-refractivity contribution in [2.24, 2.45) is 0 Å². The van der Waals surface area contributed by atoms with Crippen LogP contribution in [0, 0.1) is 0 Å². The van der Waals surface area contributed by atoms with Crippen molar-refractivity contribution in [2.45, 2.75) is 13.3 Å². The predicted octanol–water partition coefficient (Wildman–Crippen LogP) is 3.73. The molecule has 0 radical (unpaired) electrons. The maximum atomic E-state index is 2.29. The zero-order valence-electron chi connectivity index (χ0n) is 13.4. The molecule has 1 nitrogen and oxygen atoms in total. The van der Waals surface area contributed by atoms with Gasteiger partial charge in [-0.05, 0) is 0 Å². The van der Waals surface area contributed by atoms with Crippen molar-refractivity contribution in [3.8, 4) is 0 Å². The van der Waals surface area contributed by atoms with E-state index in [0.717, 1.165) is 0 Å². The SMILES string of the molecule is O.c1ccc([CH2][SnH]([CH2]c2ccccc2)[CH2]c2ccccc2)cc1. The molecular weight excluding hydrogens is 387 g/mol. The molecule has 0 aliphatic rings. The molecule has 0 aliphatic carbocycles. The van der Waals surface area contributed by atoms with Crippen LogP contribution in [-0.2, 0) is 13.3 Å². The summed E-state index contributed by atoms with van der Waals surface area (Å²) >= 11 is -1.70. The first kappa shape index (κ1) is 17.8. The van der Waals surface area contributed by atoms with Crippen molar-refractivity contribution in [2.75, 3.05) is 0 Å². The van der Waals surface area contributed by atoms with Crippen molar-refractivity contribution in [3.63, 3.8) is 0 Å². The van der Waals surface area contributed by atoms with Crippen LogP contribution in [0.15, 0.2) is 91.0 Å². The molecule has 0 aliphatic heterocycles. The van der Waals surface area contributed by atoms with E-state index in [4.69, 9.17) is 0 Å². The first-order chi connectivity index (χ1) is 10.9. The third-order valence-corrected chi connectivity index (χ3v) is 13.1. The Morgan fingerprint density at radius 2 is 0.696 bits per heavy atom. The Hall–Kier alpha value is -1.58. The zero-order chi connectivity index (χ0) is 15.0. The molecule has 0 amide bonds. The van der Waals surface area contributed by atoms with Crippen molar-refractivity contribution in [1.29, 1.82) is 0 Å². The Morgan fingerprint density at radius 3 is 0.957 bits per heavy atom. The third-order valence-electron chi connectivity index (χ3n) is 4.10. The summed E-state index contributed by atoms with van der Waals surface area (Å²) in [6.45, 7) is 0. The Kier molecular flexibility index (Phi) is 7.36. The summed E-state index contributed by atoms with van der Waals surface area (Å²) in [5.41, 5.74) is 4.57. The third kappa shape index (κ3) is 5.85. The van der Waals surface area contributed by atoms with Gasteiger partial charge in [-0.2, -0.15) is 0 Å². The summed E-state index contributed by atoms with van der Waals surface area (Å²) in [6.07, 6.45) is 0. The second kappa shape index (κ2) is 9.53. The molecule has 3 aromatic carbocycles. The molecule has 0 aromatic heterocycles. The van der Waals surface area contributed by atoms with E-state index in [2.05, 4.69) is 91.0 Å². The molecule has 2 heteroatoms. The van der Waals surface area contributed by atoms with Gasteiger partial charge in [0.15, 0.2) is 0 Å². The van der Waals surface area contributed by atoms with Gasteiger partial charge in [-0.15, -0.1) is 0 Å². The van der Waals surface area contributed by atoms with Crippen LogP contribution in [0.2, 0.25) is 0 Å². The second-order valence-electron chi connectivity index (χ2n) is 5.94. The molecule has 118 valence electrons. The van der Waals surface area contributed by atoms with Crippen LogP contribution in [0.1, 0.15) is 16.7 Å². The van der Waals surface area contributed by atoms with Gasteiger partial charge in [0.1, 0.15) is 0 Å². The molecule has 3 rings (SSSR count). The molecule has 0 fully saturated rings. The van der Waals surface area contributed by atoms with E-state index >= 15 is 0 Å². The zero-order valence-corrected chi connectivity index (χ0v) is 16.7. The monoisotopic (exact) mass is 412 g/mol. The number of hydrogen-bond acceptors (Lipinski definition) is 0. The van der Waals surface area contributed by atoms with Crippen LogP contribution >= 0.6 is 0 Å².